The molecule has 0 radical (unpaired) electrons. The lowest BCUT2D eigenvalue weighted by molar-refractivity contribution is 0.0776. The molecule has 1 saturated heterocycles. The third-order valence-electron chi connectivity index (χ3n) is 8.54. The van der Waals surface area contributed by atoms with Crippen molar-refractivity contribution in [1.29, 1.82) is 0 Å². The summed E-state index contributed by atoms with van der Waals surface area (Å²) >= 11 is 1.20. The minimum absolute atomic E-state index is 0.000974. The first-order valence-electron chi connectivity index (χ1n) is 14.9. The number of halogens is 3. The minimum Gasteiger partial charge on any atom is -0.421 e. The maximum atomic E-state index is 14.0. The molecular formula is C34H28F3N5O3S. The lowest BCUT2D eigenvalue weighted by Crippen LogP contribution is -2.23. The number of carbonyl (C=O) groups excluding carboxylic acids is 2. The normalized spacial score (nSPS) is 16.1. The van der Waals surface area contributed by atoms with Crippen LogP contribution in [0.5, 0.6) is 0 Å². The average Bonchev–Trinajstić information content (AvgIpc) is 3.85. The molecule has 0 aliphatic carbocycles. The van der Waals surface area contributed by atoms with Gasteiger partial charge < -0.3 is 14.6 Å². The molecule has 8 nitrogen and oxygen atoms in total. The van der Waals surface area contributed by atoms with Crippen LogP contribution in [0.15, 0.2) is 59.0 Å². The molecule has 2 atom stereocenters. The van der Waals surface area contributed by atoms with Crippen LogP contribution < -0.4 is 5.32 Å². The lowest BCUT2D eigenvalue weighted by atomic mass is 9.89. The molecule has 5 aromatic rings. The number of nitrogens with one attached hydrogen (secondary N) is 1. The van der Waals surface area contributed by atoms with Crippen LogP contribution in [0.2, 0.25) is 0 Å². The van der Waals surface area contributed by atoms with Gasteiger partial charge in [-0.3, -0.25) is 14.6 Å². The van der Waals surface area contributed by atoms with Crippen molar-refractivity contribution in [2.75, 3.05) is 6.54 Å². The quantitative estimate of drug-likeness (QED) is 0.193. The zero-order valence-electron chi connectivity index (χ0n) is 24.9. The van der Waals surface area contributed by atoms with Gasteiger partial charge in [0.2, 0.25) is 11.8 Å². The van der Waals surface area contributed by atoms with Crippen LogP contribution >= 0.6 is 11.3 Å². The first-order valence-corrected chi connectivity index (χ1v) is 15.8. The standard InChI is InChI=1S/C34H28F3N5O3S/c1-17(20-6-8-21(35)9-7-20)14-24-28(33-41-40-18(2)45-33)29(30-31(39-24)25-4-3-13-42(25)34(30)44)26-11-12-27(46-26)32(43)38-16-19-5-10-22(36)23(37)15-19/h5-12,15,17,25H,3-4,13-14,16H2,1-2H3,(H,38,43)/t17?,25-/m0/s1. The number of nitrogens with zero attached hydrogens (tertiary/aromatic N) is 4. The molecule has 3 aromatic heterocycles. The third-order valence-corrected chi connectivity index (χ3v) is 9.64. The highest BCUT2D eigenvalue weighted by Gasteiger charge is 2.45. The fourth-order valence-corrected chi connectivity index (χ4v) is 7.26. The molecule has 0 saturated carbocycles. The van der Waals surface area contributed by atoms with E-state index in [0.29, 0.717) is 62.3 Å². The van der Waals surface area contributed by atoms with Gasteiger partial charge >= 0.3 is 0 Å². The Morgan fingerprint density at radius 3 is 2.59 bits per heavy atom. The fraction of sp³-hybridized carbons (Fsp3) is 0.265. The third kappa shape index (κ3) is 5.36. The van der Waals surface area contributed by atoms with E-state index in [-0.39, 0.29) is 36.1 Å². The summed E-state index contributed by atoms with van der Waals surface area (Å²) in [6, 6.07) is 13.1. The van der Waals surface area contributed by atoms with Crippen LogP contribution in [0.3, 0.4) is 0 Å². The molecule has 0 spiro atoms. The first kappa shape index (κ1) is 29.8. The van der Waals surface area contributed by atoms with Gasteiger partial charge in [0.1, 0.15) is 5.82 Å². The summed E-state index contributed by atoms with van der Waals surface area (Å²) in [6.07, 6.45) is 2.11. The molecule has 2 aliphatic heterocycles. The smallest absolute Gasteiger partial charge is 0.261 e. The van der Waals surface area contributed by atoms with Gasteiger partial charge in [0, 0.05) is 30.5 Å². The molecular weight excluding hydrogens is 615 g/mol. The largest absolute Gasteiger partial charge is 0.421 e. The molecule has 7 rings (SSSR count). The number of hydrogen-bond acceptors (Lipinski definition) is 7. The van der Waals surface area contributed by atoms with E-state index in [9.17, 15) is 22.8 Å². The monoisotopic (exact) mass is 643 g/mol. The number of thiophene rings is 1. The Bertz CT molecular complexity index is 1990. The number of aromatic nitrogens is 3. The predicted molar refractivity (Wildman–Crippen MR) is 165 cm³/mol. The van der Waals surface area contributed by atoms with Crippen molar-refractivity contribution in [3.05, 3.63) is 111 Å². The maximum absolute atomic E-state index is 14.0. The van der Waals surface area contributed by atoms with Gasteiger partial charge in [-0.15, -0.1) is 21.5 Å². The summed E-state index contributed by atoms with van der Waals surface area (Å²) in [7, 11) is 0. The van der Waals surface area contributed by atoms with Gasteiger partial charge in [0.25, 0.3) is 11.8 Å². The van der Waals surface area contributed by atoms with Crippen molar-refractivity contribution in [3.63, 3.8) is 0 Å². The summed E-state index contributed by atoms with van der Waals surface area (Å²) < 4.78 is 46.7. The van der Waals surface area contributed by atoms with Crippen molar-refractivity contribution in [1.82, 2.24) is 25.4 Å². The van der Waals surface area contributed by atoms with Crippen molar-refractivity contribution in [2.24, 2.45) is 0 Å². The lowest BCUT2D eigenvalue weighted by Gasteiger charge is -2.19. The summed E-state index contributed by atoms with van der Waals surface area (Å²) in [5.41, 5.74) is 4.26. The van der Waals surface area contributed by atoms with Crippen molar-refractivity contribution in [2.45, 2.75) is 51.6 Å². The molecule has 1 N–H and O–H groups in total. The Labute approximate surface area is 266 Å². The molecule has 1 fully saturated rings. The van der Waals surface area contributed by atoms with Crippen LogP contribution in [0, 0.1) is 24.4 Å². The number of fused-ring (bicyclic) bond motifs is 3. The van der Waals surface area contributed by atoms with Gasteiger partial charge in [0.05, 0.1) is 33.4 Å². The van der Waals surface area contributed by atoms with E-state index in [1.807, 2.05) is 11.8 Å². The average molecular weight is 644 g/mol. The molecule has 2 amide bonds. The van der Waals surface area contributed by atoms with E-state index >= 15 is 0 Å². The second-order valence-electron chi connectivity index (χ2n) is 11.6. The number of rotatable bonds is 8. The first-order chi connectivity index (χ1) is 22.2. The molecule has 2 aliphatic rings. The topological polar surface area (TPSA) is 101 Å². The van der Waals surface area contributed by atoms with E-state index in [2.05, 4.69) is 15.5 Å². The minimum atomic E-state index is -0.991. The molecule has 12 heteroatoms. The summed E-state index contributed by atoms with van der Waals surface area (Å²) in [5.74, 6) is -2.33. The molecule has 0 bridgehead atoms. The van der Waals surface area contributed by atoms with Gasteiger partial charge in [0.15, 0.2) is 11.6 Å². The Kier molecular flexibility index (Phi) is 7.67. The molecule has 5 heterocycles. The van der Waals surface area contributed by atoms with Crippen LogP contribution in [0.1, 0.15) is 80.2 Å². The van der Waals surface area contributed by atoms with Crippen molar-refractivity contribution < 1.29 is 27.2 Å². The van der Waals surface area contributed by atoms with E-state index < -0.39 is 17.5 Å². The second kappa shape index (κ2) is 11.8. The van der Waals surface area contributed by atoms with Crippen LogP contribution in [0.25, 0.3) is 21.9 Å². The van der Waals surface area contributed by atoms with E-state index in [4.69, 9.17) is 9.40 Å². The van der Waals surface area contributed by atoms with Crippen molar-refractivity contribution in [3.8, 4) is 21.9 Å². The highest BCUT2D eigenvalue weighted by atomic mass is 32.1. The summed E-state index contributed by atoms with van der Waals surface area (Å²) in [6.45, 7) is 4.33. The highest BCUT2D eigenvalue weighted by molar-refractivity contribution is 7.17. The highest BCUT2D eigenvalue weighted by Crippen LogP contribution is 2.49. The Morgan fingerprint density at radius 1 is 1.04 bits per heavy atom. The molecule has 1 unspecified atom stereocenters. The SMILES string of the molecule is Cc1nnc(-c2c(CC(C)c3ccc(F)cc3)nc3c(c2-c2ccc(C(=O)NCc4ccc(F)c(F)c4)s2)C(=O)N2CCC[C@@H]32)o1. The Hall–Kier alpha value is -4.84. The van der Waals surface area contributed by atoms with Gasteiger partial charge in [-0.1, -0.05) is 25.1 Å². The van der Waals surface area contributed by atoms with E-state index in [0.717, 1.165) is 30.5 Å². The van der Waals surface area contributed by atoms with Gasteiger partial charge in [-0.05, 0) is 72.7 Å². The van der Waals surface area contributed by atoms with E-state index in [1.54, 1.807) is 31.2 Å². The molecule has 234 valence electrons. The number of benzene rings is 2. The summed E-state index contributed by atoms with van der Waals surface area (Å²) in [4.78, 5) is 35.1. The number of pyridine rings is 1. The van der Waals surface area contributed by atoms with Crippen LogP contribution in [0.4, 0.5) is 13.2 Å². The number of carbonyl (C=O) groups is 2. The van der Waals surface area contributed by atoms with E-state index in [1.165, 1.54) is 29.5 Å². The number of aryl methyl sites for hydroxylation is 1. The predicted octanol–water partition coefficient (Wildman–Crippen LogP) is 7.15. The van der Waals surface area contributed by atoms with Crippen LogP contribution in [-0.4, -0.2) is 38.4 Å². The second-order valence-corrected chi connectivity index (χ2v) is 12.7. The fourth-order valence-electron chi connectivity index (χ4n) is 6.28. The maximum Gasteiger partial charge on any atom is 0.261 e. The van der Waals surface area contributed by atoms with Crippen molar-refractivity contribution >= 4 is 23.2 Å². The van der Waals surface area contributed by atoms with Crippen LogP contribution in [-0.2, 0) is 13.0 Å². The summed E-state index contributed by atoms with van der Waals surface area (Å²) in [5, 5.41) is 11.2. The molecule has 46 heavy (non-hydrogen) atoms. The zero-order chi connectivity index (χ0) is 32.1. The number of hydrogen-bond donors (Lipinski definition) is 1. The number of amides is 2. The Morgan fingerprint density at radius 2 is 1.85 bits per heavy atom. The zero-order valence-corrected chi connectivity index (χ0v) is 25.8. The van der Waals surface area contributed by atoms with Gasteiger partial charge in [-0.25, -0.2) is 13.2 Å². The molecule has 2 aromatic carbocycles. The Balaban J connectivity index is 1.32. The van der Waals surface area contributed by atoms with Gasteiger partial charge in [-0.2, -0.15) is 0 Å².